The van der Waals surface area contributed by atoms with Crippen molar-refractivity contribution in [2.45, 2.75) is 32.2 Å². The standard InChI is InChI=1S/C17H24FN3/c1-21(10-15-5-11-2-3-13(15)4-11)9-12-6-14(17(19)20)8-16(18)7-12/h6-8,11,13,15H,2-5,9-10H2,1H3,(H3,19,20). The number of amidine groups is 1. The van der Waals surface area contributed by atoms with Crippen molar-refractivity contribution in [3.8, 4) is 0 Å². The Balaban J connectivity index is 1.62. The Hall–Kier alpha value is -1.42. The van der Waals surface area contributed by atoms with Gasteiger partial charge in [0.1, 0.15) is 11.7 Å². The van der Waals surface area contributed by atoms with E-state index in [0.717, 1.165) is 29.9 Å². The molecule has 0 amide bonds. The van der Waals surface area contributed by atoms with Crippen LogP contribution in [-0.2, 0) is 6.54 Å². The first kappa shape index (κ1) is 14.5. The third-order valence-corrected chi connectivity index (χ3v) is 5.15. The van der Waals surface area contributed by atoms with E-state index in [1.807, 2.05) is 6.07 Å². The van der Waals surface area contributed by atoms with Crippen LogP contribution in [0.4, 0.5) is 4.39 Å². The van der Waals surface area contributed by atoms with Crippen molar-refractivity contribution >= 4 is 5.84 Å². The van der Waals surface area contributed by atoms with Gasteiger partial charge < -0.3 is 10.6 Å². The third kappa shape index (κ3) is 3.26. The first-order valence-corrected chi connectivity index (χ1v) is 7.83. The summed E-state index contributed by atoms with van der Waals surface area (Å²) in [6.07, 6.45) is 5.62. The van der Waals surface area contributed by atoms with Gasteiger partial charge in [-0.05, 0) is 67.8 Å². The molecule has 2 bridgehead atoms. The van der Waals surface area contributed by atoms with Crippen molar-refractivity contribution in [2.24, 2.45) is 23.5 Å². The van der Waals surface area contributed by atoms with Gasteiger partial charge in [-0.1, -0.05) is 6.42 Å². The number of halogens is 1. The second-order valence-electron chi connectivity index (χ2n) is 6.89. The van der Waals surface area contributed by atoms with Crippen LogP contribution in [0, 0.1) is 29.0 Å². The summed E-state index contributed by atoms with van der Waals surface area (Å²) in [5.41, 5.74) is 6.82. The molecule has 3 rings (SSSR count). The molecule has 4 heteroatoms. The Kier molecular flexibility index (Phi) is 3.98. The van der Waals surface area contributed by atoms with Crippen LogP contribution in [0.2, 0.25) is 0 Å². The molecular formula is C17H24FN3. The van der Waals surface area contributed by atoms with E-state index in [4.69, 9.17) is 11.1 Å². The maximum atomic E-state index is 13.6. The molecule has 0 heterocycles. The van der Waals surface area contributed by atoms with Crippen LogP contribution in [0.25, 0.3) is 0 Å². The Bertz CT molecular complexity index is 543. The van der Waals surface area contributed by atoms with Crippen LogP contribution in [0.1, 0.15) is 36.8 Å². The van der Waals surface area contributed by atoms with Gasteiger partial charge in [-0.25, -0.2) is 4.39 Å². The molecule has 3 unspecified atom stereocenters. The number of hydrogen-bond donors (Lipinski definition) is 2. The molecule has 0 radical (unpaired) electrons. The van der Waals surface area contributed by atoms with E-state index in [1.54, 1.807) is 6.07 Å². The van der Waals surface area contributed by atoms with Gasteiger partial charge >= 0.3 is 0 Å². The number of rotatable bonds is 5. The highest BCUT2D eigenvalue weighted by Crippen LogP contribution is 2.48. The fourth-order valence-corrected chi connectivity index (χ4v) is 4.27. The topological polar surface area (TPSA) is 53.1 Å². The minimum absolute atomic E-state index is 0.0773. The smallest absolute Gasteiger partial charge is 0.124 e. The van der Waals surface area contributed by atoms with Crippen molar-refractivity contribution in [3.05, 3.63) is 35.1 Å². The summed E-state index contributed by atoms with van der Waals surface area (Å²) in [4.78, 5) is 2.28. The van der Waals surface area contributed by atoms with Gasteiger partial charge in [0.25, 0.3) is 0 Å². The highest BCUT2D eigenvalue weighted by molar-refractivity contribution is 5.95. The summed E-state index contributed by atoms with van der Waals surface area (Å²) in [5.74, 6) is 2.30. The number of nitrogens with zero attached hydrogens (tertiary/aromatic N) is 1. The summed E-state index contributed by atoms with van der Waals surface area (Å²) in [6, 6.07) is 4.69. The molecule has 1 aromatic carbocycles. The average molecular weight is 289 g/mol. The lowest BCUT2D eigenvalue weighted by atomic mass is 9.88. The van der Waals surface area contributed by atoms with Gasteiger partial charge in [0, 0.05) is 18.7 Å². The minimum atomic E-state index is -0.314. The number of nitrogens with two attached hydrogens (primary N) is 1. The van der Waals surface area contributed by atoms with E-state index >= 15 is 0 Å². The monoisotopic (exact) mass is 289 g/mol. The van der Waals surface area contributed by atoms with Crippen LogP contribution < -0.4 is 5.73 Å². The van der Waals surface area contributed by atoms with Gasteiger partial charge in [0.05, 0.1) is 0 Å². The van der Waals surface area contributed by atoms with Gasteiger partial charge in [-0.15, -0.1) is 0 Å². The molecule has 0 aromatic heterocycles. The second kappa shape index (κ2) is 5.76. The van der Waals surface area contributed by atoms with Crippen LogP contribution >= 0.6 is 0 Å². The van der Waals surface area contributed by atoms with E-state index in [2.05, 4.69) is 11.9 Å². The molecule has 3 N–H and O–H groups in total. The van der Waals surface area contributed by atoms with E-state index < -0.39 is 0 Å². The quantitative estimate of drug-likeness (QED) is 0.647. The van der Waals surface area contributed by atoms with Crippen LogP contribution in [0.5, 0.6) is 0 Å². The fraction of sp³-hybridized carbons (Fsp3) is 0.588. The molecule has 0 spiro atoms. The van der Waals surface area contributed by atoms with Crippen LogP contribution in [0.3, 0.4) is 0 Å². The predicted molar refractivity (Wildman–Crippen MR) is 82.7 cm³/mol. The van der Waals surface area contributed by atoms with Crippen LogP contribution in [0.15, 0.2) is 18.2 Å². The summed E-state index contributed by atoms with van der Waals surface area (Å²) < 4.78 is 13.6. The number of fused-ring (bicyclic) bond motifs is 2. The zero-order valence-electron chi connectivity index (χ0n) is 12.6. The zero-order chi connectivity index (χ0) is 15.0. The largest absolute Gasteiger partial charge is 0.384 e. The second-order valence-corrected chi connectivity index (χ2v) is 6.89. The van der Waals surface area contributed by atoms with Crippen molar-refractivity contribution in [2.75, 3.05) is 13.6 Å². The Morgan fingerprint density at radius 2 is 2.14 bits per heavy atom. The maximum absolute atomic E-state index is 13.6. The summed E-state index contributed by atoms with van der Waals surface area (Å²) >= 11 is 0. The van der Waals surface area contributed by atoms with Gasteiger partial charge in [0.15, 0.2) is 0 Å². The molecule has 3 atom stereocenters. The highest BCUT2D eigenvalue weighted by atomic mass is 19.1. The van der Waals surface area contributed by atoms with E-state index in [-0.39, 0.29) is 11.7 Å². The van der Waals surface area contributed by atoms with E-state index in [1.165, 1.54) is 31.7 Å². The molecule has 21 heavy (non-hydrogen) atoms. The first-order chi connectivity index (χ1) is 10.0. The summed E-state index contributed by atoms with van der Waals surface area (Å²) in [6.45, 7) is 1.80. The molecule has 2 fully saturated rings. The fourth-order valence-electron chi connectivity index (χ4n) is 4.27. The maximum Gasteiger partial charge on any atom is 0.124 e. The molecule has 114 valence electrons. The average Bonchev–Trinajstić information content (AvgIpc) is 2.99. The normalized spacial score (nSPS) is 27.5. The molecule has 2 aliphatic rings. The zero-order valence-corrected chi connectivity index (χ0v) is 12.6. The van der Waals surface area contributed by atoms with E-state index in [9.17, 15) is 4.39 Å². The number of hydrogen-bond acceptors (Lipinski definition) is 2. The Labute approximate surface area is 125 Å². The Morgan fingerprint density at radius 3 is 2.76 bits per heavy atom. The molecular weight excluding hydrogens is 265 g/mol. The first-order valence-electron chi connectivity index (χ1n) is 7.83. The third-order valence-electron chi connectivity index (χ3n) is 5.15. The molecule has 0 aliphatic heterocycles. The lowest BCUT2D eigenvalue weighted by molar-refractivity contribution is 0.214. The lowest BCUT2D eigenvalue weighted by Crippen LogP contribution is -2.28. The van der Waals surface area contributed by atoms with E-state index in [0.29, 0.717) is 12.1 Å². The summed E-state index contributed by atoms with van der Waals surface area (Å²) in [7, 11) is 2.10. The molecule has 2 saturated carbocycles. The minimum Gasteiger partial charge on any atom is -0.384 e. The lowest BCUT2D eigenvalue weighted by Gasteiger charge is -2.27. The predicted octanol–water partition coefficient (Wildman–Crippen LogP) is 2.98. The molecule has 3 nitrogen and oxygen atoms in total. The Morgan fingerprint density at radius 1 is 1.33 bits per heavy atom. The molecule has 1 aromatic rings. The van der Waals surface area contributed by atoms with Gasteiger partial charge in [0.2, 0.25) is 0 Å². The SMILES string of the molecule is CN(Cc1cc(F)cc(C(=N)N)c1)CC1CC2CCC1C2. The number of nitrogen functional groups attached to an aromatic ring is 1. The van der Waals surface area contributed by atoms with Crippen LogP contribution in [-0.4, -0.2) is 24.3 Å². The molecule has 2 aliphatic carbocycles. The van der Waals surface area contributed by atoms with Crippen molar-refractivity contribution in [3.63, 3.8) is 0 Å². The van der Waals surface area contributed by atoms with Crippen molar-refractivity contribution in [1.82, 2.24) is 4.90 Å². The number of benzene rings is 1. The molecule has 0 saturated heterocycles. The van der Waals surface area contributed by atoms with Gasteiger partial charge in [-0.2, -0.15) is 0 Å². The number of nitrogens with one attached hydrogen (secondary N) is 1. The van der Waals surface area contributed by atoms with Crippen molar-refractivity contribution < 1.29 is 4.39 Å². The summed E-state index contributed by atoms with van der Waals surface area (Å²) in [5, 5.41) is 7.45. The van der Waals surface area contributed by atoms with Crippen molar-refractivity contribution in [1.29, 1.82) is 5.41 Å². The highest BCUT2D eigenvalue weighted by Gasteiger charge is 2.39. The van der Waals surface area contributed by atoms with Gasteiger partial charge in [-0.3, -0.25) is 5.41 Å².